The average molecular weight is 512 g/mol. The van der Waals surface area contributed by atoms with E-state index in [2.05, 4.69) is 15.3 Å². The van der Waals surface area contributed by atoms with Gasteiger partial charge in [0.15, 0.2) is 17.5 Å². The maximum absolute atomic E-state index is 15.5. The number of pyridine rings is 2. The van der Waals surface area contributed by atoms with Crippen LogP contribution in [-0.4, -0.2) is 50.4 Å². The number of rotatable bonds is 5. The quantitative estimate of drug-likeness (QED) is 0.507. The van der Waals surface area contributed by atoms with Crippen molar-refractivity contribution in [1.29, 1.82) is 0 Å². The van der Waals surface area contributed by atoms with Crippen LogP contribution in [-0.2, 0) is 10.0 Å². The molecular weight excluding hydrogens is 490 g/mol. The lowest BCUT2D eigenvalue weighted by Gasteiger charge is -2.24. The highest BCUT2D eigenvalue weighted by molar-refractivity contribution is 7.89. The van der Waals surface area contributed by atoms with E-state index in [1.54, 1.807) is 24.3 Å². The fraction of sp³-hybridized carbons (Fsp3) is 0.318. The van der Waals surface area contributed by atoms with Crippen LogP contribution in [0.4, 0.5) is 29.1 Å². The molecule has 4 rings (SSSR count). The molecule has 2 N–H and O–H groups in total. The highest BCUT2D eigenvalue weighted by atomic mass is 32.2. The van der Waals surface area contributed by atoms with Crippen molar-refractivity contribution in [3.63, 3.8) is 0 Å². The lowest BCUT2D eigenvalue weighted by molar-refractivity contribution is -0.0102. The number of benzene rings is 1. The van der Waals surface area contributed by atoms with Gasteiger partial charge in [-0.2, -0.15) is 0 Å². The van der Waals surface area contributed by atoms with Crippen molar-refractivity contribution in [2.45, 2.75) is 30.2 Å². The Morgan fingerprint density at radius 1 is 1.11 bits per heavy atom. The van der Waals surface area contributed by atoms with Gasteiger partial charge >= 0.3 is 0 Å². The molecule has 1 aliphatic rings. The zero-order valence-electron chi connectivity index (χ0n) is 18.5. The molecular formula is C22H21F4N5O3S. The summed E-state index contributed by atoms with van der Waals surface area (Å²) in [7, 11) is -3.53. The van der Waals surface area contributed by atoms with E-state index in [1.807, 2.05) is 4.72 Å². The Balaban J connectivity index is 1.78. The van der Waals surface area contributed by atoms with Crippen molar-refractivity contribution in [3.05, 3.63) is 53.7 Å². The van der Waals surface area contributed by atoms with Gasteiger partial charge in [0.1, 0.15) is 5.69 Å². The second-order valence-electron chi connectivity index (χ2n) is 8.02. The SMILES string of the molecule is CNS(=O)(=O)c1nc(N2CCCC(F)(F)CC2)c(F)c(NC(=O)c2cnc3ccccc3c2)c1F. The first-order valence-corrected chi connectivity index (χ1v) is 12.1. The number of alkyl halides is 2. The number of sulfonamides is 1. The monoisotopic (exact) mass is 511 g/mol. The van der Waals surface area contributed by atoms with Crippen LogP contribution in [0.3, 0.4) is 0 Å². The zero-order chi connectivity index (χ0) is 25.4. The first-order chi connectivity index (χ1) is 16.5. The summed E-state index contributed by atoms with van der Waals surface area (Å²) in [6.07, 6.45) is 0.123. The molecule has 3 heterocycles. The molecule has 1 fully saturated rings. The van der Waals surface area contributed by atoms with Crippen molar-refractivity contribution in [2.24, 2.45) is 0 Å². The average Bonchev–Trinajstić information content (AvgIpc) is 3.01. The Morgan fingerprint density at radius 3 is 2.60 bits per heavy atom. The molecule has 0 spiro atoms. The van der Waals surface area contributed by atoms with Gasteiger partial charge in [-0.05, 0) is 25.6 Å². The van der Waals surface area contributed by atoms with Crippen LogP contribution < -0.4 is 14.9 Å². The van der Waals surface area contributed by atoms with Gasteiger partial charge in [-0.15, -0.1) is 0 Å². The number of halogens is 4. The Hall–Kier alpha value is -3.32. The number of nitrogens with one attached hydrogen (secondary N) is 2. The van der Waals surface area contributed by atoms with E-state index < -0.39 is 62.9 Å². The summed E-state index contributed by atoms with van der Waals surface area (Å²) >= 11 is 0. The summed E-state index contributed by atoms with van der Waals surface area (Å²) in [5, 5.41) is 1.50. The molecule has 1 saturated heterocycles. The van der Waals surface area contributed by atoms with Crippen LogP contribution >= 0.6 is 0 Å². The molecule has 0 unspecified atom stereocenters. The van der Waals surface area contributed by atoms with Crippen LogP contribution in [0.25, 0.3) is 10.9 Å². The third-order valence-corrected chi connectivity index (χ3v) is 6.98. The third kappa shape index (κ3) is 5.05. The van der Waals surface area contributed by atoms with Crippen molar-refractivity contribution >= 4 is 38.3 Å². The van der Waals surface area contributed by atoms with Crippen molar-refractivity contribution in [1.82, 2.24) is 14.7 Å². The van der Waals surface area contributed by atoms with Crippen molar-refractivity contribution in [2.75, 3.05) is 30.4 Å². The van der Waals surface area contributed by atoms with Crippen molar-refractivity contribution in [3.8, 4) is 0 Å². The number of anilines is 2. The topological polar surface area (TPSA) is 104 Å². The summed E-state index contributed by atoms with van der Waals surface area (Å²) in [5.74, 6) is -7.57. The molecule has 3 aromatic rings. The summed E-state index contributed by atoms with van der Waals surface area (Å²) in [6, 6.07) is 8.33. The van der Waals surface area contributed by atoms with Gasteiger partial charge in [-0.1, -0.05) is 18.2 Å². The normalized spacial score (nSPS) is 16.2. The number of fused-ring (bicyclic) bond motifs is 1. The Bertz CT molecular complexity index is 1400. The first kappa shape index (κ1) is 24.8. The van der Waals surface area contributed by atoms with Crippen LogP contribution in [0.2, 0.25) is 0 Å². The maximum atomic E-state index is 15.5. The first-order valence-electron chi connectivity index (χ1n) is 10.6. The number of para-hydroxylation sites is 1. The molecule has 0 radical (unpaired) electrons. The van der Waals surface area contributed by atoms with Gasteiger partial charge in [-0.25, -0.2) is 35.7 Å². The second kappa shape index (κ2) is 9.38. The van der Waals surface area contributed by atoms with Gasteiger partial charge < -0.3 is 10.2 Å². The van der Waals surface area contributed by atoms with E-state index in [0.717, 1.165) is 11.9 Å². The lowest BCUT2D eigenvalue weighted by Crippen LogP contribution is -2.30. The number of aromatic nitrogens is 2. The molecule has 0 aliphatic carbocycles. The van der Waals surface area contributed by atoms with E-state index >= 15 is 8.78 Å². The predicted molar refractivity (Wildman–Crippen MR) is 121 cm³/mol. The summed E-state index contributed by atoms with van der Waals surface area (Å²) in [4.78, 5) is 21.7. The van der Waals surface area contributed by atoms with E-state index in [0.29, 0.717) is 10.9 Å². The molecule has 35 heavy (non-hydrogen) atoms. The summed E-state index contributed by atoms with van der Waals surface area (Å²) in [6.45, 7) is -0.407. The predicted octanol–water partition coefficient (Wildman–Crippen LogP) is 3.69. The van der Waals surface area contributed by atoms with Crippen molar-refractivity contribution < 1.29 is 30.8 Å². The van der Waals surface area contributed by atoms with Crippen LogP contribution in [0, 0.1) is 11.6 Å². The molecule has 0 saturated carbocycles. The standard InChI is InChI=1S/C22H21F4N5O3S/c1-27-35(33,34)21-17(24)18(16(23)19(30-21)31-9-4-7-22(25,26)8-10-31)29-20(32)14-11-13-5-2-3-6-15(13)28-12-14/h2-3,5-6,11-12,27H,4,7-10H2,1H3,(H,29,30,32). The second-order valence-corrected chi connectivity index (χ2v) is 9.82. The van der Waals surface area contributed by atoms with Gasteiger partial charge in [0, 0.05) is 37.5 Å². The Morgan fingerprint density at radius 2 is 1.86 bits per heavy atom. The molecule has 1 aliphatic heterocycles. The van der Waals surface area contributed by atoms with Crippen LogP contribution in [0.5, 0.6) is 0 Å². The highest BCUT2D eigenvalue weighted by Crippen LogP contribution is 2.35. The molecule has 2 aromatic heterocycles. The fourth-order valence-corrected chi connectivity index (χ4v) is 4.50. The van der Waals surface area contributed by atoms with Crippen LogP contribution in [0.15, 0.2) is 41.6 Å². The van der Waals surface area contributed by atoms with Gasteiger partial charge in [0.2, 0.25) is 10.9 Å². The zero-order valence-corrected chi connectivity index (χ0v) is 19.3. The number of hydrogen-bond acceptors (Lipinski definition) is 6. The number of nitrogens with zero attached hydrogens (tertiary/aromatic N) is 3. The number of amides is 1. The molecule has 0 atom stereocenters. The van der Waals surface area contributed by atoms with E-state index in [-0.39, 0.29) is 25.1 Å². The maximum Gasteiger partial charge on any atom is 0.260 e. The number of hydrogen-bond donors (Lipinski definition) is 2. The molecule has 1 aromatic carbocycles. The summed E-state index contributed by atoms with van der Waals surface area (Å²) in [5.41, 5.74) is -0.501. The van der Waals surface area contributed by atoms with Gasteiger partial charge in [0.05, 0.1) is 11.1 Å². The Labute approximate surface area is 198 Å². The molecule has 0 bridgehead atoms. The van der Waals surface area contributed by atoms with E-state index in [9.17, 15) is 22.0 Å². The lowest BCUT2D eigenvalue weighted by atomic mass is 10.1. The van der Waals surface area contributed by atoms with Gasteiger partial charge in [0.25, 0.3) is 15.9 Å². The molecule has 13 heteroatoms. The van der Waals surface area contributed by atoms with Crippen LogP contribution in [0.1, 0.15) is 29.6 Å². The molecule has 1 amide bonds. The highest BCUT2D eigenvalue weighted by Gasteiger charge is 2.35. The Kier molecular flexibility index (Phi) is 6.64. The number of carbonyl (C=O) groups excluding carboxylic acids is 1. The fourth-order valence-electron chi connectivity index (χ4n) is 3.76. The number of carbonyl (C=O) groups is 1. The minimum atomic E-state index is -4.53. The molecule has 8 nitrogen and oxygen atoms in total. The smallest absolute Gasteiger partial charge is 0.260 e. The largest absolute Gasteiger partial charge is 0.354 e. The third-order valence-electron chi connectivity index (χ3n) is 5.66. The molecule has 186 valence electrons. The minimum Gasteiger partial charge on any atom is -0.354 e. The minimum absolute atomic E-state index is 0.0238. The summed E-state index contributed by atoms with van der Waals surface area (Å²) < 4.78 is 85.0. The van der Waals surface area contributed by atoms with Gasteiger partial charge in [-0.3, -0.25) is 9.78 Å². The van der Waals surface area contributed by atoms with E-state index in [4.69, 9.17) is 0 Å². The van der Waals surface area contributed by atoms with E-state index in [1.165, 1.54) is 12.3 Å².